The lowest BCUT2D eigenvalue weighted by Gasteiger charge is -2.12. The number of benzene rings is 1. The van der Waals surface area contributed by atoms with Crippen LogP contribution < -0.4 is 10.2 Å². The summed E-state index contributed by atoms with van der Waals surface area (Å²) in [6.07, 6.45) is 2.01. The molecule has 0 radical (unpaired) electrons. The second-order valence-corrected chi connectivity index (χ2v) is 4.27. The molecule has 0 aromatic heterocycles. The molecule has 2 rings (SSSR count). The standard InChI is InChI=1S/C13H18N2O/c1-3-7-14-13(16)11-4-5-12-10(9-11)6-8-15(12)2/h4-5,9H,3,6-8H2,1-2H3,(H,14,16). The van der Waals surface area contributed by atoms with Gasteiger partial charge in [0.25, 0.3) is 5.91 Å². The number of carbonyl (C=O) groups is 1. The van der Waals surface area contributed by atoms with Crippen LogP contribution in [0.2, 0.25) is 0 Å². The highest BCUT2D eigenvalue weighted by atomic mass is 16.1. The van der Waals surface area contributed by atoms with Gasteiger partial charge in [0.15, 0.2) is 0 Å². The first-order chi connectivity index (χ1) is 7.72. The minimum absolute atomic E-state index is 0.0409. The summed E-state index contributed by atoms with van der Waals surface area (Å²) in [6, 6.07) is 5.97. The van der Waals surface area contributed by atoms with Gasteiger partial charge >= 0.3 is 0 Å². The predicted octanol–water partition coefficient (Wildman–Crippen LogP) is 1.82. The van der Waals surface area contributed by atoms with Crippen LogP contribution in [0, 0.1) is 0 Å². The molecule has 0 unspecified atom stereocenters. The number of nitrogens with zero attached hydrogens (tertiary/aromatic N) is 1. The molecule has 0 atom stereocenters. The van der Waals surface area contributed by atoms with E-state index in [9.17, 15) is 4.79 Å². The summed E-state index contributed by atoms with van der Waals surface area (Å²) in [5, 5.41) is 2.90. The molecular formula is C13H18N2O. The van der Waals surface area contributed by atoms with Crippen molar-refractivity contribution in [3.63, 3.8) is 0 Å². The average molecular weight is 218 g/mol. The molecule has 1 aliphatic rings. The van der Waals surface area contributed by atoms with Gasteiger partial charge in [-0.1, -0.05) is 6.92 Å². The molecule has 0 aliphatic carbocycles. The SMILES string of the molecule is CCCNC(=O)c1ccc2c(c1)CCN2C. The molecule has 1 N–H and O–H groups in total. The van der Waals surface area contributed by atoms with E-state index in [2.05, 4.69) is 24.2 Å². The first kappa shape index (κ1) is 11.0. The van der Waals surface area contributed by atoms with Crippen molar-refractivity contribution in [3.05, 3.63) is 29.3 Å². The van der Waals surface area contributed by atoms with Crippen LogP contribution in [0.3, 0.4) is 0 Å². The number of carbonyl (C=O) groups excluding carboxylic acids is 1. The van der Waals surface area contributed by atoms with Gasteiger partial charge in [-0.15, -0.1) is 0 Å². The largest absolute Gasteiger partial charge is 0.374 e. The van der Waals surface area contributed by atoms with Crippen LogP contribution in [0.25, 0.3) is 0 Å². The maximum absolute atomic E-state index is 11.8. The molecule has 3 heteroatoms. The van der Waals surface area contributed by atoms with Crippen LogP contribution in [0.1, 0.15) is 29.3 Å². The molecule has 1 amide bonds. The Morgan fingerprint density at radius 1 is 1.50 bits per heavy atom. The zero-order valence-electron chi connectivity index (χ0n) is 9.92. The summed E-state index contributed by atoms with van der Waals surface area (Å²) < 4.78 is 0. The highest BCUT2D eigenvalue weighted by molar-refractivity contribution is 5.95. The summed E-state index contributed by atoms with van der Waals surface area (Å²) in [5.74, 6) is 0.0409. The summed E-state index contributed by atoms with van der Waals surface area (Å²) in [6.45, 7) is 3.85. The second kappa shape index (κ2) is 4.56. The van der Waals surface area contributed by atoms with Gasteiger partial charge in [0.1, 0.15) is 0 Å². The van der Waals surface area contributed by atoms with E-state index < -0.39 is 0 Å². The third-order valence-electron chi connectivity index (χ3n) is 3.01. The Hall–Kier alpha value is -1.51. The van der Waals surface area contributed by atoms with Gasteiger partial charge in [-0.05, 0) is 36.6 Å². The molecule has 1 aliphatic heterocycles. The molecule has 16 heavy (non-hydrogen) atoms. The van der Waals surface area contributed by atoms with Crippen molar-refractivity contribution in [1.29, 1.82) is 0 Å². The van der Waals surface area contributed by atoms with Crippen LogP contribution in [0.15, 0.2) is 18.2 Å². The summed E-state index contributed by atoms with van der Waals surface area (Å²) in [7, 11) is 2.09. The minimum Gasteiger partial charge on any atom is -0.374 e. The molecule has 86 valence electrons. The Morgan fingerprint density at radius 3 is 3.06 bits per heavy atom. The first-order valence-corrected chi connectivity index (χ1v) is 5.84. The maximum Gasteiger partial charge on any atom is 0.251 e. The number of amides is 1. The Balaban J connectivity index is 2.15. The molecule has 1 heterocycles. The molecule has 3 nitrogen and oxygen atoms in total. The van der Waals surface area contributed by atoms with E-state index >= 15 is 0 Å². The van der Waals surface area contributed by atoms with Crippen LogP contribution in [-0.4, -0.2) is 26.0 Å². The number of likely N-dealkylation sites (N-methyl/N-ethyl adjacent to an activating group) is 1. The summed E-state index contributed by atoms with van der Waals surface area (Å²) >= 11 is 0. The van der Waals surface area contributed by atoms with Gasteiger partial charge < -0.3 is 10.2 Å². The summed E-state index contributed by atoms with van der Waals surface area (Å²) in [5.41, 5.74) is 3.32. The Kier molecular flexibility index (Phi) is 3.13. The van der Waals surface area contributed by atoms with Crippen LogP contribution in [0.4, 0.5) is 5.69 Å². The number of hydrogen-bond acceptors (Lipinski definition) is 2. The van der Waals surface area contributed by atoms with Gasteiger partial charge in [0.05, 0.1) is 0 Å². The third kappa shape index (κ3) is 2.03. The Bertz CT molecular complexity index is 401. The van der Waals surface area contributed by atoms with E-state index in [4.69, 9.17) is 0 Å². The molecule has 0 saturated heterocycles. The molecular weight excluding hydrogens is 200 g/mol. The quantitative estimate of drug-likeness (QED) is 0.839. The third-order valence-corrected chi connectivity index (χ3v) is 3.01. The fourth-order valence-electron chi connectivity index (χ4n) is 2.05. The number of fused-ring (bicyclic) bond motifs is 1. The van der Waals surface area contributed by atoms with Gasteiger partial charge in [0.2, 0.25) is 0 Å². The van der Waals surface area contributed by atoms with E-state index in [0.29, 0.717) is 0 Å². The first-order valence-electron chi connectivity index (χ1n) is 5.84. The van der Waals surface area contributed by atoms with E-state index in [1.807, 2.05) is 18.2 Å². The highest BCUT2D eigenvalue weighted by Gasteiger charge is 2.17. The van der Waals surface area contributed by atoms with Crippen molar-refractivity contribution in [3.8, 4) is 0 Å². The second-order valence-electron chi connectivity index (χ2n) is 4.27. The smallest absolute Gasteiger partial charge is 0.251 e. The van der Waals surface area contributed by atoms with E-state index in [0.717, 1.165) is 31.5 Å². The monoisotopic (exact) mass is 218 g/mol. The van der Waals surface area contributed by atoms with Gasteiger partial charge in [-0.2, -0.15) is 0 Å². The maximum atomic E-state index is 11.8. The zero-order chi connectivity index (χ0) is 11.5. The number of nitrogens with one attached hydrogen (secondary N) is 1. The fourth-order valence-corrected chi connectivity index (χ4v) is 2.05. The number of rotatable bonds is 3. The lowest BCUT2D eigenvalue weighted by Crippen LogP contribution is -2.24. The van der Waals surface area contributed by atoms with Gasteiger partial charge in [-0.25, -0.2) is 0 Å². The molecule has 1 aromatic rings. The zero-order valence-corrected chi connectivity index (χ0v) is 9.92. The minimum atomic E-state index is 0.0409. The van der Waals surface area contributed by atoms with E-state index in [1.165, 1.54) is 11.3 Å². The van der Waals surface area contributed by atoms with Crippen LogP contribution >= 0.6 is 0 Å². The molecule has 1 aromatic carbocycles. The van der Waals surface area contributed by atoms with Crippen LogP contribution in [0.5, 0.6) is 0 Å². The number of anilines is 1. The molecule has 0 bridgehead atoms. The lowest BCUT2D eigenvalue weighted by molar-refractivity contribution is 0.0953. The van der Waals surface area contributed by atoms with Gasteiger partial charge in [0, 0.05) is 31.4 Å². The van der Waals surface area contributed by atoms with Crippen LogP contribution in [-0.2, 0) is 6.42 Å². The highest BCUT2D eigenvalue weighted by Crippen LogP contribution is 2.27. The Labute approximate surface area is 96.5 Å². The van der Waals surface area contributed by atoms with Gasteiger partial charge in [-0.3, -0.25) is 4.79 Å². The summed E-state index contributed by atoms with van der Waals surface area (Å²) in [4.78, 5) is 14.0. The topological polar surface area (TPSA) is 32.3 Å². The van der Waals surface area contributed by atoms with Crippen molar-refractivity contribution in [1.82, 2.24) is 5.32 Å². The van der Waals surface area contributed by atoms with Crippen molar-refractivity contribution in [2.75, 3.05) is 25.0 Å². The predicted molar refractivity (Wildman–Crippen MR) is 66.0 cm³/mol. The van der Waals surface area contributed by atoms with Crippen molar-refractivity contribution in [2.45, 2.75) is 19.8 Å². The van der Waals surface area contributed by atoms with Crippen molar-refractivity contribution in [2.24, 2.45) is 0 Å². The normalized spacial score (nSPS) is 13.8. The van der Waals surface area contributed by atoms with E-state index in [-0.39, 0.29) is 5.91 Å². The molecule has 0 fully saturated rings. The molecule has 0 saturated carbocycles. The van der Waals surface area contributed by atoms with Crippen molar-refractivity contribution < 1.29 is 4.79 Å². The number of hydrogen-bond donors (Lipinski definition) is 1. The fraction of sp³-hybridized carbons (Fsp3) is 0.462. The molecule has 0 spiro atoms. The van der Waals surface area contributed by atoms with E-state index in [1.54, 1.807) is 0 Å². The Morgan fingerprint density at radius 2 is 2.31 bits per heavy atom. The van der Waals surface area contributed by atoms with Crippen molar-refractivity contribution >= 4 is 11.6 Å². The average Bonchev–Trinajstić information content (AvgIpc) is 2.67. The lowest BCUT2D eigenvalue weighted by atomic mass is 10.1.